The fraction of sp³-hybridized carbons (Fsp3) is 0.368. The molecule has 2 rings (SSSR count). The number of carbonyl (C=O) groups excluding carboxylic acids is 2. The summed E-state index contributed by atoms with van der Waals surface area (Å²) in [4.78, 5) is 23.7. The van der Waals surface area contributed by atoms with Crippen molar-refractivity contribution in [2.24, 2.45) is 11.7 Å². The highest BCUT2D eigenvalue weighted by atomic mass is 16.5. The van der Waals surface area contributed by atoms with Gasteiger partial charge in [-0.1, -0.05) is 11.8 Å². The lowest BCUT2D eigenvalue weighted by Crippen LogP contribution is -2.54. The molecule has 0 aliphatic heterocycles. The molecule has 2 atom stereocenters. The van der Waals surface area contributed by atoms with Gasteiger partial charge in [0.1, 0.15) is 6.04 Å². The molecule has 5 N–H and O–H groups in total. The van der Waals surface area contributed by atoms with Gasteiger partial charge in [0, 0.05) is 23.6 Å². The van der Waals surface area contributed by atoms with Crippen molar-refractivity contribution in [1.29, 1.82) is 0 Å². The first kappa shape index (κ1) is 18.5. The van der Waals surface area contributed by atoms with Gasteiger partial charge in [-0.2, -0.15) is 0 Å². The molecule has 0 saturated heterocycles. The van der Waals surface area contributed by atoms with E-state index >= 15 is 0 Å². The van der Waals surface area contributed by atoms with E-state index in [-0.39, 0.29) is 0 Å². The van der Waals surface area contributed by atoms with Gasteiger partial charge in [0.15, 0.2) is 0 Å². The largest absolute Gasteiger partial charge is 0.339 e. The second kappa shape index (κ2) is 8.89. The molecule has 0 radical (unpaired) electrons. The Morgan fingerprint density at radius 1 is 1.28 bits per heavy atom. The van der Waals surface area contributed by atoms with Crippen LogP contribution in [-0.2, 0) is 4.79 Å². The molecule has 1 aromatic carbocycles. The van der Waals surface area contributed by atoms with Crippen LogP contribution in [0, 0.1) is 29.6 Å². The highest BCUT2D eigenvalue weighted by Crippen LogP contribution is 2.31. The van der Waals surface area contributed by atoms with Crippen LogP contribution in [-0.4, -0.2) is 29.1 Å². The van der Waals surface area contributed by atoms with Crippen molar-refractivity contribution in [2.45, 2.75) is 38.3 Å². The third-order valence-corrected chi connectivity index (χ3v) is 3.80. The van der Waals surface area contributed by atoms with Crippen LogP contribution in [0.5, 0.6) is 0 Å². The third-order valence-electron chi connectivity index (χ3n) is 3.80. The quantitative estimate of drug-likeness (QED) is 0.362. The number of hydrogen-bond acceptors (Lipinski definition) is 4. The molecule has 1 fully saturated rings. The molecule has 1 saturated carbocycles. The fourth-order valence-electron chi connectivity index (χ4n) is 2.10. The van der Waals surface area contributed by atoms with Gasteiger partial charge in [0.25, 0.3) is 11.8 Å². The predicted octanol–water partition coefficient (Wildman–Crippen LogP) is 0.793. The summed E-state index contributed by atoms with van der Waals surface area (Å²) in [5.41, 5.74) is 8.25. The molecule has 0 spiro atoms. The zero-order valence-corrected chi connectivity index (χ0v) is 14.0. The van der Waals surface area contributed by atoms with Crippen molar-refractivity contribution in [1.82, 2.24) is 10.8 Å². The number of nitrogens with one attached hydrogen (secondary N) is 2. The minimum absolute atomic E-state index is 0.363. The van der Waals surface area contributed by atoms with Gasteiger partial charge in [-0.15, -0.1) is 0 Å². The molecule has 1 aliphatic carbocycles. The van der Waals surface area contributed by atoms with Crippen LogP contribution in [0.1, 0.15) is 42.1 Å². The van der Waals surface area contributed by atoms with Crippen molar-refractivity contribution in [3.8, 4) is 23.7 Å². The summed E-state index contributed by atoms with van der Waals surface area (Å²) in [6.45, 7) is 1.56. The molecule has 0 unspecified atom stereocenters. The van der Waals surface area contributed by atoms with Gasteiger partial charge in [-0.25, -0.2) is 5.48 Å². The summed E-state index contributed by atoms with van der Waals surface area (Å²) in [5, 5.41) is 11.2. The SMILES string of the molecule is C[C@@H](N)[C@H](NC(=O)c1ccc(C#CC#CCC2CC2)cc1)C(=O)NO. The minimum atomic E-state index is -1.03. The Hall–Kier alpha value is -2.80. The van der Waals surface area contributed by atoms with E-state index in [0.717, 1.165) is 17.9 Å². The smallest absolute Gasteiger partial charge is 0.267 e. The fourth-order valence-corrected chi connectivity index (χ4v) is 2.10. The van der Waals surface area contributed by atoms with E-state index in [1.807, 2.05) is 0 Å². The van der Waals surface area contributed by atoms with E-state index in [9.17, 15) is 9.59 Å². The van der Waals surface area contributed by atoms with Crippen molar-refractivity contribution >= 4 is 11.8 Å². The maximum absolute atomic E-state index is 12.2. The van der Waals surface area contributed by atoms with E-state index < -0.39 is 23.9 Å². The van der Waals surface area contributed by atoms with Gasteiger partial charge in [-0.05, 0) is 61.8 Å². The van der Waals surface area contributed by atoms with Gasteiger partial charge in [-0.3, -0.25) is 14.8 Å². The van der Waals surface area contributed by atoms with Crippen LogP contribution in [0.2, 0.25) is 0 Å². The molecule has 1 aromatic rings. The third kappa shape index (κ3) is 5.96. The Morgan fingerprint density at radius 2 is 1.96 bits per heavy atom. The predicted molar refractivity (Wildman–Crippen MR) is 93.3 cm³/mol. The van der Waals surface area contributed by atoms with Gasteiger partial charge in [0.2, 0.25) is 0 Å². The lowest BCUT2D eigenvalue weighted by molar-refractivity contribution is -0.131. The zero-order chi connectivity index (χ0) is 18.2. The Bertz CT molecular complexity index is 744. The summed E-state index contributed by atoms with van der Waals surface area (Å²) < 4.78 is 0. The standard InChI is InChI=1S/C19H21N3O3/c1-13(20)17(19(24)22-25)21-18(23)16-11-9-15(10-12-16)6-4-2-3-5-14-7-8-14/h9-14,17,25H,5,7-8,20H2,1H3,(H,21,23)(H,22,24)/t13-,17+/m1/s1. The molecule has 1 aliphatic rings. The number of rotatable bonds is 5. The van der Waals surface area contributed by atoms with E-state index in [2.05, 4.69) is 29.0 Å². The second-order valence-corrected chi connectivity index (χ2v) is 6.06. The number of hydroxylamine groups is 1. The van der Waals surface area contributed by atoms with Crippen LogP contribution in [0.3, 0.4) is 0 Å². The Labute approximate surface area is 147 Å². The molecule has 2 amide bonds. The molecule has 6 nitrogen and oxygen atoms in total. The molecule has 25 heavy (non-hydrogen) atoms. The highest BCUT2D eigenvalue weighted by molar-refractivity contribution is 5.97. The number of amides is 2. The number of benzene rings is 1. The van der Waals surface area contributed by atoms with E-state index in [1.54, 1.807) is 31.2 Å². The van der Waals surface area contributed by atoms with Crippen molar-refractivity contribution in [3.63, 3.8) is 0 Å². The molecular formula is C19H21N3O3. The summed E-state index contributed by atoms with van der Waals surface area (Å²) >= 11 is 0. The van der Waals surface area contributed by atoms with Crippen LogP contribution >= 0.6 is 0 Å². The topological polar surface area (TPSA) is 104 Å². The average molecular weight is 339 g/mol. The van der Waals surface area contributed by atoms with E-state index in [4.69, 9.17) is 10.9 Å². The number of nitrogens with two attached hydrogens (primary N) is 1. The maximum Gasteiger partial charge on any atom is 0.267 e. The van der Waals surface area contributed by atoms with Crippen LogP contribution in [0.15, 0.2) is 24.3 Å². The van der Waals surface area contributed by atoms with Gasteiger partial charge < -0.3 is 11.1 Å². The highest BCUT2D eigenvalue weighted by Gasteiger charge is 2.24. The Kier molecular flexibility index (Phi) is 6.59. The maximum atomic E-state index is 12.2. The molecular weight excluding hydrogens is 318 g/mol. The number of carbonyl (C=O) groups is 2. The molecule has 0 heterocycles. The summed E-state index contributed by atoms with van der Waals surface area (Å²) in [6.07, 6.45) is 3.46. The summed E-state index contributed by atoms with van der Waals surface area (Å²) in [6, 6.07) is 4.93. The number of hydrogen-bond donors (Lipinski definition) is 4. The first-order valence-electron chi connectivity index (χ1n) is 8.10. The van der Waals surface area contributed by atoms with Crippen LogP contribution < -0.4 is 16.5 Å². The monoisotopic (exact) mass is 339 g/mol. The lowest BCUT2D eigenvalue weighted by atomic mass is 10.1. The van der Waals surface area contributed by atoms with Crippen LogP contribution in [0.4, 0.5) is 0 Å². The summed E-state index contributed by atoms with van der Waals surface area (Å²) in [5.74, 6) is 11.1. The Balaban J connectivity index is 1.95. The molecule has 6 heteroatoms. The van der Waals surface area contributed by atoms with Crippen molar-refractivity contribution in [3.05, 3.63) is 35.4 Å². The average Bonchev–Trinajstić information content (AvgIpc) is 3.43. The van der Waals surface area contributed by atoms with E-state index in [1.165, 1.54) is 18.3 Å². The lowest BCUT2D eigenvalue weighted by Gasteiger charge is -2.19. The van der Waals surface area contributed by atoms with Crippen LogP contribution in [0.25, 0.3) is 0 Å². The second-order valence-electron chi connectivity index (χ2n) is 6.06. The normalized spacial score (nSPS) is 14.8. The molecule has 0 aromatic heterocycles. The van der Waals surface area contributed by atoms with Gasteiger partial charge >= 0.3 is 0 Å². The molecule has 0 bridgehead atoms. The molecule has 130 valence electrons. The zero-order valence-electron chi connectivity index (χ0n) is 14.0. The Morgan fingerprint density at radius 3 is 2.52 bits per heavy atom. The first-order chi connectivity index (χ1) is 12.0. The van der Waals surface area contributed by atoms with Crippen molar-refractivity contribution < 1.29 is 14.8 Å². The van der Waals surface area contributed by atoms with E-state index in [0.29, 0.717) is 5.56 Å². The first-order valence-corrected chi connectivity index (χ1v) is 8.10. The van der Waals surface area contributed by atoms with Crippen molar-refractivity contribution in [2.75, 3.05) is 0 Å². The minimum Gasteiger partial charge on any atom is -0.339 e. The van der Waals surface area contributed by atoms with Gasteiger partial charge in [0.05, 0.1) is 0 Å². The summed E-state index contributed by atoms with van der Waals surface area (Å²) in [7, 11) is 0.